The largest absolute Gasteiger partial charge is 0.496 e. The first-order valence-electron chi connectivity index (χ1n) is 4.97. The number of hydrogen-bond acceptors (Lipinski definition) is 3. The normalized spacial score (nSPS) is 21.3. The standard InChI is InChI=1S/C11H14BrNO2/c1-14-10-3-2-8(6-9(10)12)11-7-13-4-5-15-11/h2-3,6,11,13H,4-5,7H2,1H3. The minimum Gasteiger partial charge on any atom is -0.496 e. The van der Waals surface area contributed by atoms with Crippen molar-refractivity contribution in [2.75, 3.05) is 26.8 Å². The van der Waals surface area contributed by atoms with Crippen LogP contribution in [0.3, 0.4) is 0 Å². The predicted molar refractivity (Wildman–Crippen MR) is 62.3 cm³/mol. The molecule has 0 aromatic heterocycles. The Hall–Kier alpha value is -0.580. The molecule has 0 spiro atoms. The Morgan fingerprint density at radius 2 is 2.40 bits per heavy atom. The second-order valence-electron chi connectivity index (χ2n) is 3.46. The molecule has 1 aromatic rings. The summed E-state index contributed by atoms with van der Waals surface area (Å²) in [5, 5.41) is 3.31. The third kappa shape index (κ3) is 2.51. The lowest BCUT2D eigenvalue weighted by Crippen LogP contribution is -2.33. The molecule has 1 N–H and O–H groups in total. The summed E-state index contributed by atoms with van der Waals surface area (Å²) in [5.41, 5.74) is 1.18. The summed E-state index contributed by atoms with van der Waals surface area (Å²) in [6.07, 6.45) is 0.154. The Bertz CT molecular complexity index is 337. The van der Waals surface area contributed by atoms with Gasteiger partial charge in [0.25, 0.3) is 0 Å². The van der Waals surface area contributed by atoms with Crippen LogP contribution in [0.15, 0.2) is 22.7 Å². The quantitative estimate of drug-likeness (QED) is 0.894. The molecule has 15 heavy (non-hydrogen) atoms. The molecular weight excluding hydrogens is 258 g/mol. The maximum absolute atomic E-state index is 5.67. The lowest BCUT2D eigenvalue weighted by molar-refractivity contribution is 0.0276. The van der Waals surface area contributed by atoms with Crippen molar-refractivity contribution in [2.45, 2.75) is 6.10 Å². The van der Waals surface area contributed by atoms with E-state index in [4.69, 9.17) is 9.47 Å². The summed E-state index contributed by atoms with van der Waals surface area (Å²) in [7, 11) is 1.67. The molecule has 0 aliphatic carbocycles. The van der Waals surface area contributed by atoms with Crippen molar-refractivity contribution in [2.24, 2.45) is 0 Å². The van der Waals surface area contributed by atoms with Gasteiger partial charge in [0.15, 0.2) is 0 Å². The minimum absolute atomic E-state index is 0.154. The van der Waals surface area contributed by atoms with Crippen LogP contribution in [-0.4, -0.2) is 26.8 Å². The zero-order valence-corrected chi connectivity index (χ0v) is 10.2. The third-order valence-electron chi connectivity index (χ3n) is 2.48. The highest BCUT2D eigenvalue weighted by atomic mass is 79.9. The number of ether oxygens (including phenoxy) is 2. The number of nitrogens with one attached hydrogen (secondary N) is 1. The van der Waals surface area contributed by atoms with Crippen LogP contribution in [0.5, 0.6) is 5.75 Å². The molecule has 1 unspecified atom stereocenters. The first-order valence-corrected chi connectivity index (χ1v) is 5.76. The van der Waals surface area contributed by atoms with Gasteiger partial charge < -0.3 is 14.8 Å². The van der Waals surface area contributed by atoms with Crippen LogP contribution < -0.4 is 10.1 Å². The second kappa shape index (κ2) is 4.96. The number of hydrogen-bond donors (Lipinski definition) is 1. The Morgan fingerprint density at radius 1 is 1.53 bits per heavy atom. The van der Waals surface area contributed by atoms with Gasteiger partial charge in [0.05, 0.1) is 24.3 Å². The van der Waals surface area contributed by atoms with Crippen LogP contribution in [0.1, 0.15) is 11.7 Å². The van der Waals surface area contributed by atoms with Crippen LogP contribution in [-0.2, 0) is 4.74 Å². The van der Waals surface area contributed by atoms with E-state index in [1.165, 1.54) is 5.56 Å². The van der Waals surface area contributed by atoms with Gasteiger partial charge in [-0.2, -0.15) is 0 Å². The van der Waals surface area contributed by atoms with Gasteiger partial charge in [-0.1, -0.05) is 6.07 Å². The summed E-state index contributed by atoms with van der Waals surface area (Å²) >= 11 is 3.47. The van der Waals surface area contributed by atoms with E-state index >= 15 is 0 Å². The molecule has 1 fully saturated rings. The van der Waals surface area contributed by atoms with Crippen molar-refractivity contribution in [3.05, 3.63) is 28.2 Å². The Labute approximate surface area is 97.9 Å². The van der Waals surface area contributed by atoms with Gasteiger partial charge >= 0.3 is 0 Å². The summed E-state index contributed by atoms with van der Waals surface area (Å²) in [4.78, 5) is 0. The van der Waals surface area contributed by atoms with E-state index in [-0.39, 0.29) is 6.10 Å². The molecule has 1 saturated heterocycles. The summed E-state index contributed by atoms with van der Waals surface area (Å²) in [6.45, 7) is 2.58. The molecule has 0 amide bonds. The van der Waals surface area contributed by atoms with E-state index in [9.17, 15) is 0 Å². The Balaban J connectivity index is 2.17. The van der Waals surface area contributed by atoms with Gasteiger partial charge in [-0.05, 0) is 33.6 Å². The first-order chi connectivity index (χ1) is 7.31. The van der Waals surface area contributed by atoms with Crippen LogP contribution in [0.25, 0.3) is 0 Å². The third-order valence-corrected chi connectivity index (χ3v) is 3.09. The number of rotatable bonds is 2. The number of benzene rings is 1. The van der Waals surface area contributed by atoms with Crippen LogP contribution in [0.2, 0.25) is 0 Å². The molecule has 3 nitrogen and oxygen atoms in total. The molecule has 2 rings (SSSR count). The molecule has 1 aliphatic rings. The van der Waals surface area contributed by atoms with E-state index in [2.05, 4.69) is 27.3 Å². The molecular formula is C11H14BrNO2. The second-order valence-corrected chi connectivity index (χ2v) is 4.31. The fraction of sp³-hybridized carbons (Fsp3) is 0.455. The minimum atomic E-state index is 0.154. The smallest absolute Gasteiger partial charge is 0.133 e. The van der Waals surface area contributed by atoms with Crippen molar-refractivity contribution in [3.8, 4) is 5.75 Å². The van der Waals surface area contributed by atoms with Crippen molar-refractivity contribution in [1.29, 1.82) is 0 Å². The zero-order valence-electron chi connectivity index (χ0n) is 8.63. The molecule has 0 bridgehead atoms. The van der Waals surface area contributed by atoms with Gasteiger partial charge in [0, 0.05) is 13.1 Å². The molecule has 0 saturated carbocycles. The van der Waals surface area contributed by atoms with Gasteiger partial charge in [0.1, 0.15) is 5.75 Å². The first kappa shape index (κ1) is 10.9. The summed E-state index contributed by atoms with van der Waals surface area (Å²) in [5.74, 6) is 0.850. The van der Waals surface area contributed by atoms with E-state index in [1.54, 1.807) is 7.11 Å². The fourth-order valence-electron chi connectivity index (χ4n) is 1.66. The molecule has 0 radical (unpaired) electrons. The van der Waals surface area contributed by atoms with Gasteiger partial charge in [-0.15, -0.1) is 0 Å². The number of morpholine rings is 1. The number of halogens is 1. The molecule has 1 atom stereocenters. The summed E-state index contributed by atoms with van der Waals surface area (Å²) < 4.78 is 11.8. The highest BCUT2D eigenvalue weighted by Crippen LogP contribution is 2.29. The van der Waals surface area contributed by atoms with Crippen molar-refractivity contribution in [1.82, 2.24) is 5.32 Å². The molecule has 1 aromatic carbocycles. The predicted octanol–water partition coefficient (Wildman–Crippen LogP) is 2.12. The molecule has 1 aliphatic heterocycles. The van der Waals surface area contributed by atoms with Crippen molar-refractivity contribution >= 4 is 15.9 Å². The average Bonchev–Trinajstić information content (AvgIpc) is 2.30. The highest BCUT2D eigenvalue weighted by molar-refractivity contribution is 9.10. The Morgan fingerprint density at radius 3 is 3.00 bits per heavy atom. The van der Waals surface area contributed by atoms with E-state index in [1.807, 2.05) is 12.1 Å². The van der Waals surface area contributed by atoms with E-state index < -0.39 is 0 Å². The van der Waals surface area contributed by atoms with E-state index in [0.717, 1.165) is 29.9 Å². The highest BCUT2D eigenvalue weighted by Gasteiger charge is 2.16. The SMILES string of the molecule is COc1ccc(C2CNCCO2)cc1Br. The fourth-order valence-corrected chi connectivity index (χ4v) is 2.22. The van der Waals surface area contributed by atoms with Crippen LogP contribution in [0.4, 0.5) is 0 Å². The lowest BCUT2D eigenvalue weighted by atomic mass is 10.1. The maximum atomic E-state index is 5.67. The summed E-state index contributed by atoms with van der Waals surface area (Å²) in [6, 6.07) is 6.05. The number of methoxy groups -OCH3 is 1. The lowest BCUT2D eigenvalue weighted by Gasteiger charge is -2.24. The van der Waals surface area contributed by atoms with Gasteiger partial charge in [-0.25, -0.2) is 0 Å². The van der Waals surface area contributed by atoms with Crippen molar-refractivity contribution < 1.29 is 9.47 Å². The molecule has 4 heteroatoms. The van der Waals surface area contributed by atoms with Crippen LogP contribution >= 0.6 is 15.9 Å². The monoisotopic (exact) mass is 271 g/mol. The van der Waals surface area contributed by atoms with E-state index in [0.29, 0.717) is 0 Å². The van der Waals surface area contributed by atoms with Crippen LogP contribution in [0, 0.1) is 0 Å². The molecule has 1 heterocycles. The van der Waals surface area contributed by atoms with Gasteiger partial charge in [0.2, 0.25) is 0 Å². The van der Waals surface area contributed by atoms with Crippen molar-refractivity contribution in [3.63, 3.8) is 0 Å². The maximum Gasteiger partial charge on any atom is 0.133 e. The topological polar surface area (TPSA) is 30.5 Å². The Kier molecular flexibility index (Phi) is 3.61. The molecule has 82 valence electrons. The zero-order chi connectivity index (χ0) is 10.7. The van der Waals surface area contributed by atoms with Gasteiger partial charge in [-0.3, -0.25) is 0 Å². The average molecular weight is 272 g/mol.